The number of aliphatic carboxylic acids is 2. The third-order valence-electron chi connectivity index (χ3n) is 4.82. The lowest BCUT2D eigenvalue weighted by atomic mass is 9.99. The second-order valence-electron chi connectivity index (χ2n) is 7.16. The number of hydrogen-bond acceptors (Lipinski definition) is 3. The first-order valence-corrected chi connectivity index (χ1v) is 9.93. The maximum Gasteiger partial charge on any atom is 0.416 e. The predicted octanol–water partition coefficient (Wildman–Crippen LogP) is 5.30. The minimum absolute atomic E-state index is 0.183. The van der Waals surface area contributed by atoms with Crippen LogP contribution < -0.4 is 5.32 Å². The fraction of sp³-hybridized carbons (Fsp3) is 0.250. The zero-order chi connectivity index (χ0) is 23.7. The summed E-state index contributed by atoms with van der Waals surface area (Å²) in [5.41, 5.74) is 1.38. The van der Waals surface area contributed by atoms with Gasteiger partial charge in [0.15, 0.2) is 0 Å². The summed E-state index contributed by atoms with van der Waals surface area (Å²) >= 11 is 0. The molecule has 170 valence electrons. The van der Waals surface area contributed by atoms with E-state index in [1.54, 1.807) is 6.07 Å². The van der Waals surface area contributed by atoms with Gasteiger partial charge in [-0.2, -0.15) is 13.2 Å². The minimum Gasteiger partial charge on any atom is -0.473 e. The summed E-state index contributed by atoms with van der Waals surface area (Å²) < 4.78 is 38.3. The molecule has 0 fully saturated rings. The van der Waals surface area contributed by atoms with Gasteiger partial charge in [-0.1, -0.05) is 60.7 Å². The van der Waals surface area contributed by atoms with Crippen molar-refractivity contribution in [1.82, 2.24) is 5.32 Å². The molecule has 0 aromatic heterocycles. The van der Waals surface area contributed by atoms with Crippen LogP contribution in [-0.4, -0.2) is 28.7 Å². The molecule has 0 aliphatic carbocycles. The molecule has 3 aromatic carbocycles. The molecule has 0 bridgehead atoms. The number of nitrogens with one attached hydrogen (secondary N) is 1. The normalized spacial score (nSPS) is 12.0. The van der Waals surface area contributed by atoms with Gasteiger partial charge in [-0.3, -0.25) is 0 Å². The molecule has 3 N–H and O–H groups in total. The third-order valence-corrected chi connectivity index (χ3v) is 4.82. The van der Waals surface area contributed by atoms with Crippen LogP contribution in [0.4, 0.5) is 13.2 Å². The Morgan fingerprint density at radius 3 is 2.22 bits per heavy atom. The Balaban J connectivity index is 0.000000534. The Kier molecular flexibility index (Phi) is 8.78. The van der Waals surface area contributed by atoms with Gasteiger partial charge in [0.1, 0.15) is 0 Å². The van der Waals surface area contributed by atoms with Crippen molar-refractivity contribution in [2.24, 2.45) is 0 Å². The molecule has 0 aliphatic heterocycles. The number of hydrogen-bond donors (Lipinski definition) is 3. The average molecular weight is 447 g/mol. The molecule has 0 saturated carbocycles. The van der Waals surface area contributed by atoms with E-state index < -0.39 is 23.7 Å². The number of carbonyl (C=O) groups is 2. The third kappa shape index (κ3) is 7.39. The molecule has 0 aliphatic rings. The molecule has 0 heterocycles. The van der Waals surface area contributed by atoms with E-state index in [0.29, 0.717) is 6.42 Å². The molecule has 5 nitrogen and oxygen atoms in total. The molecule has 3 aromatic rings. The van der Waals surface area contributed by atoms with Gasteiger partial charge < -0.3 is 15.5 Å². The zero-order valence-corrected chi connectivity index (χ0v) is 17.4. The highest BCUT2D eigenvalue weighted by molar-refractivity contribution is 6.27. The summed E-state index contributed by atoms with van der Waals surface area (Å²) in [7, 11) is 0. The van der Waals surface area contributed by atoms with Crippen molar-refractivity contribution in [3.05, 3.63) is 83.4 Å². The molecule has 0 amide bonds. The summed E-state index contributed by atoms with van der Waals surface area (Å²) in [4.78, 5) is 18.2. The molecule has 0 spiro atoms. The lowest BCUT2D eigenvalue weighted by Gasteiger charge is -2.17. The minimum atomic E-state index is -4.28. The number of rotatable bonds is 6. The number of fused-ring (bicyclic) bond motifs is 1. The van der Waals surface area contributed by atoms with Crippen molar-refractivity contribution >= 4 is 22.7 Å². The molecular formula is C24H24F3NO4. The van der Waals surface area contributed by atoms with Crippen LogP contribution in [0.25, 0.3) is 10.8 Å². The maximum atomic E-state index is 12.8. The summed E-state index contributed by atoms with van der Waals surface area (Å²) in [6.07, 6.45) is -2.87. The van der Waals surface area contributed by atoms with Gasteiger partial charge in [-0.05, 0) is 54.3 Å². The summed E-state index contributed by atoms with van der Waals surface area (Å²) in [6, 6.07) is 20.3. The molecule has 1 atom stereocenters. The summed E-state index contributed by atoms with van der Waals surface area (Å²) in [5.74, 6) is -3.65. The van der Waals surface area contributed by atoms with Crippen molar-refractivity contribution in [1.29, 1.82) is 0 Å². The second-order valence-corrected chi connectivity index (χ2v) is 7.16. The van der Waals surface area contributed by atoms with Crippen molar-refractivity contribution in [2.75, 3.05) is 6.54 Å². The number of aryl methyl sites for hydroxylation is 1. The van der Waals surface area contributed by atoms with E-state index in [-0.39, 0.29) is 6.04 Å². The zero-order valence-electron chi connectivity index (χ0n) is 17.4. The topological polar surface area (TPSA) is 86.6 Å². The number of carboxylic acids is 2. The fourth-order valence-corrected chi connectivity index (χ4v) is 3.25. The van der Waals surface area contributed by atoms with Crippen LogP contribution in [0.1, 0.15) is 36.1 Å². The molecule has 0 saturated heterocycles. The first-order valence-electron chi connectivity index (χ1n) is 9.93. The summed E-state index contributed by atoms with van der Waals surface area (Å²) in [5, 5.41) is 20.7. The number of alkyl halides is 3. The standard InChI is InChI=1S/C22H22F3N.C2H2O4/c1-16(20-13-5-10-18-9-2-3-12-21(18)20)26-14-6-8-17-7-4-11-19(15-17)22(23,24)25;3-1(4)2(5)6/h2-5,7,9-13,15-16,26H,6,8,14H2,1H3;(H,3,4)(H,5,6)/t16-;/m1./s1. The number of carboxylic acid groups (broad SMARTS) is 2. The largest absolute Gasteiger partial charge is 0.473 e. The quantitative estimate of drug-likeness (QED) is 0.353. The first kappa shape index (κ1) is 24.9. The van der Waals surface area contributed by atoms with Gasteiger partial charge in [-0.15, -0.1) is 0 Å². The Labute approximate surface area is 183 Å². The number of benzene rings is 3. The van der Waals surface area contributed by atoms with E-state index in [9.17, 15) is 13.2 Å². The predicted molar refractivity (Wildman–Crippen MR) is 115 cm³/mol. The molecular weight excluding hydrogens is 423 g/mol. The average Bonchev–Trinajstić information content (AvgIpc) is 2.76. The van der Waals surface area contributed by atoms with Crippen molar-refractivity contribution in [2.45, 2.75) is 32.0 Å². The van der Waals surface area contributed by atoms with Crippen LogP contribution in [0.3, 0.4) is 0 Å². The smallest absolute Gasteiger partial charge is 0.416 e. The number of halogens is 3. The molecule has 32 heavy (non-hydrogen) atoms. The van der Waals surface area contributed by atoms with E-state index >= 15 is 0 Å². The Morgan fingerprint density at radius 2 is 1.56 bits per heavy atom. The second kappa shape index (κ2) is 11.3. The highest BCUT2D eigenvalue weighted by atomic mass is 19.4. The van der Waals surface area contributed by atoms with Gasteiger partial charge in [0.25, 0.3) is 0 Å². The van der Waals surface area contributed by atoms with Gasteiger partial charge in [0, 0.05) is 6.04 Å². The van der Waals surface area contributed by atoms with E-state index in [4.69, 9.17) is 19.8 Å². The lowest BCUT2D eigenvalue weighted by Crippen LogP contribution is -2.20. The van der Waals surface area contributed by atoms with Gasteiger partial charge >= 0.3 is 18.1 Å². The Bertz CT molecular complexity index is 1050. The van der Waals surface area contributed by atoms with E-state index in [2.05, 4.69) is 42.6 Å². The molecule has 0 unspecified atom stereocenters. The summed E-state index contributed by atoms with van der Waals surface area (Å²) in [6.45, 7) is 2.87. The SMILES string of the molecule is C[C@@H](NCCCc1cccc(C(F)(F)F)c1)c1cccc2ccccc12.O=C(O)C(=O)O. The van der Waals surface area contributed by atoms with Crippen LogP contribution in [0.5, 0.6) is 0 Å². The monoisotopic (exact) mass is 447 g/mol. The van der Waals surface area contributed by atoms with E-state index in [1.165, 1.54) is 28.5 Å². The van der Waals surface area contributed by atoms with E-state index in [1.807, 2.05) is 12.1 Å². The molecule has 3 rings (SSSR count). The Hall–Kier alpha value is -3.39. The lowest BCUT2D eigenvalue weighted by molar-refractivity contribution is -0.159. The molecule has 0 radical (unpaired) electrons. The molecule has 8 heteroatoms. The van der Waals surface area contributed by atoms with E-state index in [0.717, 1.165) is 24.6 Å². The van der Waals surface area contributed by atoms with Crippen molar-refractivity contribution < 1.29 is 33.0 Å². The van der Waals surface area contributed by atoms with Crippen molar-refractivity contribution in [3.63, 3.8) is 0 Å². The van der Waals surface area contributed by atoms with Gasteiger partial charge in [0.2, 0.25) is 0 Å². The highest BCUT2D eigenvalue weighted by Gasteiger charge is 2.30. The Morgan fingerprint density at radius 1 is 0.938 bits per heavy atom. The van der Waals surface area contributed by atoms with Crippen LogP contribution >= 0.6 is 0 Å². The van der Waals surface area contributed by atoms with Gasteiger partial charge in [-0.25, -0.2) is 9.59 Å². The highest BCUT2D eigenvalue weighted by Crippen LogP contribution is 2.29. The van der Waals surface area contributed by atoms with Crippen LogP contribution in [0, 0.1) is 0 Å². The van der Waals surface area contributed by atoms with Crippen LogP contribution in [0.15, 0.2) is 66.7 Å². The maximum absolute atomic E-state index is 12.8. The fourth-order valence-electron chi connectivity index (χ4n) is 3.25. The van der Waals surface area contributed by atoms with Crippen molar-refractivity contribution in [3.8, 4) is 0 Å². The van der Waals surface area contributed by atoms with Crippen LogP contribution in [0.2, 0.25) is 0 Å². The first-order chi connectivity index (χ1) is 15.1. The van der Waals surface area contributed by atoms with Gasteiger partial charge in [0.05, 0.1) is 5.56 Å². The van der Waals surface area contributed by atoms with Crippen LogP contribution in [-0.2, 0) is 22.2 Å².